The summed E-state index contributed by atoms with van der Waals surface area (Å²) in [7, 11) is 0. The molecule has 0 nitrogen and oxygen atoms in total. The molecule has 0 heteroatoms. The standard InChI is InChI=1S/C28H58/c1-6-10-13-15-17-19-23-27(22-9-4)26-28(5,24-20-12-8-3)25-21-18-16-14-11-7-2/h27H,6-26H2,1-5H3. The van der Waals surface area contributed by atoms with E-state index in [-0.39, 0.29) is 0 Å². The van der Waals surface area contributed by atoms with Gasteiger partial charge in [0.05, 0.1) is 0 Å². The highest BCUT2D eigenvalue weighted by molar-refractivity contribution is 4.79. The molecule has 0 aliphatic rings. The maximum atomic E-state index is 2.65. The first-order valence-electron chi connectivity index (χ1n) is 13.6. The van der Waals surface area contributed by atoms with Gasteiger partial charge in [0.2, 0.25) is 0 Å². The van der Waals surface area contributed by atoms with Crippen molar-refractivity contribution in [2.24, 2.45) is 11.3 Å². The molecule has 0 spiro atoms. The molecule has 0 aromatic heterocycles. The Hall–Kier alpha value is 0. The van der Waals surface area contributed by atoms with E-state index in [1.54, 1.807) is 0 Å². The number of rotatable bonds is 22. The zero-order chi connectivity index (χ0) is 20.9. The smallest absolute Gasteiger partial charge is 0.0323 e. The molecule has 0 amide bonds. The molecule has 2 unspecified atom stereocenters. The minimum atomic E-state index is 0.613. The van der Waals surface area contributed by atoms with Gasteiger partial charge in [-0.1, -0.05) is 150 Å². The Morgan fingerprint density at radius 1 is 0.464 bits per heavy atom. The Kier molecular flexibility index (Phi) is 20.3. The molecular weight excluding hydrogens is 336 g/mol. The summed E-state index contributed by atoms with van der Waals surface area (Å²) in [6.07, 6.45) is 30.4. The average molecular weight is 395 g/mol. The predicted molar refractivity (Wildman–Crippen MR) is 131 cm³/mol. The van der Waals surface area contributed by atoms with Crippen molar-refractivity contribution in [3.8, 4) is 0 Å². The van der Waals surface area contributed by atoms with Crippen molar-refractivity contribution in [3.05, 3.63) is 0 Å². The lowest BCUT2D eigenvalue weighted by atomic mass is 9.71. The van der Waals surface area contributed by atoms with Crippen LogP contribution in [0.2, 0.25) is 0 Å². The summed E-state index contributed by atoms with van der Waals surface area (Å²) in [4.78, 5) is 0. The second-order valence-corrected chi connectivity index (χ2v) is 10.2. The van der Waals surface area contributed by atoms with Crippen LogP contribution in [0.25, 0.3) is 0 Å². The van der Waals surface area contributed by atoms with E-state index >= 15 is 0 Å². The third kappa shape index (κ3) is 16.9. The second-order valence-electron chi connectivity index (χ2n) is 10.2. The molecule has 0 aliphatic heterocycles. The highest BCUT2D eigenvalue weighted by Crippen LogP contribution is 2.40. The SMILES string of the molecule is CCCCCCCCC(CCC)CC(C)(CCCCC)CCCCCCCC. The van der Waals surface area contributed by atoms with Crippen LogP contribution in [0.1, 0.15) is 169 Å². The zero-order valence-electron chi connectivity index (χ0n) is 20.9. The summed E-state index contributed by atoms with van der Waals surface area (Å²) in [5, 5.41) is 0. The molecule has 170 valence electrons. The highest BCUT2D eigenvalue weighted by Gasteiger charge is 2.27. The molecule has 0 bridgehead atoms. The van der Waals surface area contributed by atoms with Gasteiger partial charge >= 0.3 is 0 Å². The lowest BCUT2D eigenvalue weighted by Gasteiger charge is -2.34. The van der Waals surface area contributed by atoms with Gasteiger partial charge in [-0.15, -0.1) is 0 Å². The van der Waals surface area contributed by atoms with Crippen LogP contribution in [0.4, 0.5) is 0 Å². The first-order chi connectivity index (χ1) is 13.6. The molecule has 0 radical (unpaired) electrons. The first-order valence-corrected chi connectivity index (χ1v) is 13.6. The van der Waals surface area contributed by atoms with E-state index in [1.165, 1.54) is 135 Å². The summed E-state index contributed by atoms with van der Waals surface area (Å²) in [6.45, 7) is 12.0. The van der Waals surface area contributed by atoms with E-state index in [2.05, 4.69) is 34.6 Å². The van der Waals surface area contributed by atoms with Crippen LogP contribution in [0.5, 0.6) is 0 Å². The van der Waals surface area contributed by atoms with Crippen LogP contribution < -0.4 is 0 Å². The second kappa shape index (κ2) is 20.3. The predicted octanol–water partition coefficient (Wildman–Crippen LogP) is 10.9. The molecule has 0 N–H and O–H groups in total. The lowest BCUT2D eigenvalue weighted by molar-refractivity contribution is 0.177. The Bertz CT molecular complexity index is 294. The number of hydrogen-bond acceptors (Lipinski definition) is 0. The normalized spacial score (nSPS) is 14.9. The summed E-state index contributed by atoms with van der Waals surface area (Å²) in [6, 6.07) is 0. The van der Waals surface area contributed by atoms with E-state index in [9.17, 15) is 0 Å². The van der Waals surface area contributed by atoms with Gasteiger partial charge < -0.3 is 0 Å². The van der Waals surface area contributed by atoms with Crippen molar-refractivity contribution in [2.75, 3.05) is 0 Å². The van der Waals surface area contributed by atoms with Crippen molar-refractivity contribution >= 4 is 0 Å². The molecule has 0 saturated heterocycles. The monoisotopic (exact) mass is 394 g/mol. The molecule has 28 heavy (non-hydrogen) atoms. The minimum Gasteiger partial charge on any atom is -0.0654 e. The van der Waals surface area contributed by atoms with Gasteiger partial charge in [-0.2, -0.15) is 0 Å². The van der Waals surface area contributed by atoms with Crippen LogP contribution in [0.3, 0.4) is 0 Å². The van der Waals surface area contributed by atoms with Crippen LogP contribution in [-0.2, 0) is 0 Å². The summed E-state index contributed by atoms with van der Waals surface area (Å²) < 4.78 is 0. The molecular formula is C28H58. The summed E-state index contributed by atoms with van der Waals surface area (Å²) >= 11 is 0. The van der Waals surface area contributed by atoms with Gasteiger partial charge in [0.1, 0.15) is 0 Å². The van der Waals surface area contributed by atoms with Gasteiger partial charge in [-0.05, 0) is 30.6 Å². The van der Waals surface area contributed by atoms with Gasteiger partial charge in [-0.3, -0.25) is 0 Å². The quantitative estimate of drug-likeness (QED) is 0.160. The van der Waals surface area contributed by atoms with Crippen LogP contribution >= 0.6 is 0 Å². The first kappa shape index (κ1) is 28.0. The van der Waals surface area contributed by atoms with Gasteiger partial charge in [-0.25, -0.2) is 0 Å². The van der Waals surface area contributed by atoms with Crippen molar-refractivity contribution in [1.82, 2.24) is 0 Å². The van der Waals surface area contributed by atoms with Crippen LogP contribution in [0.15, 0.2) is 0 Å². The van der Waals surface area contributed by atoms with Gasteiger partial charge in [0, 0.05) is 0 Å². The Balaban J connectivity index is 4.43. The highest BCUT2D eigenvalue weighted by atomic mass is 14.3. The molecule has 0 aliphatic carbocycles. The third-order valence-electron chi connectivity index (χ3n) is 6.96. The topological polar surface area (TPSA) is 0 Å². The van der Waals surface area contributed by atoms with Gasteiger partial charge in [0.25, 0.3) is 0 Å². The lowest BCUT2D eigenvalue weighted by Crippen LogP contribution is -2.21. The molecule has 0 aromatic rings. The largest absolute Gasteiger partial charge is 0.0654 e. The van der Waals surface area contributed by atoms with E-state index in [0.29, 0.717) is 5.41 Å². The van der Waals surface area contributed by atoms with Crippen LogP contribution in [0, 0.1) is 11.3 Å². The van der Waals surface area contributed by atoms with E-state index in [1.807, 2.05) is 0 Å². The molecule has 0 fully saturated rings. The maximum absolute atomic E-state index is 2.65. The minimum absolute atomic E-state index is 0.613. The summed E-state index contributed by atoms with van der Waals surface area (Å²) in [5.74, 6) is 0.989. The fraction of sp³-hybridized carbons (Fsp3) is 1.00. The number of unbranched alkanes of at least 4 members (excludes halogenated alkanes) is 12. The fourth-order valence-electron chi connectivity index (χ4n) is 5.13. The average Bonchev–Trinajstić information content (AvgIpc) is 2.67. The van der Waals surface area contributed by atoms with E-state index in [4.69, 9.17) is 0 Å². The Labute approximate surface area is 181 Å². The molecule has 0 aromatic carbocycles. The third-order valence-corrected chi connectivity index (χ3v) is 6.96. The Morgan fingerprint density at radius 2 is 0.893 bits per heavy atom. The number of hydrogen-bond donors (Lipinski definition) is 0. The maximum Gasteiger partial charge on any atom is -0.0323 e. The zero-order valence-corrected chi connectivity index (χ0v) is 20.9. The van der Waals surface area contributed by atoms with Crippen molar-refractivity contribution in [3.63, 3.8) is 0 Å². The van der Waals surface area contributed by atoms with Crippen molar-refractivity contribution in [1.29, 1.82) is 0 Å². The molecule has 0 heterocycles. The summed E-state index contributed by atoms with van der Waals surface area (Å²) in [5.41, 5.74) is 0.613. The van der Waals surface area contributed by atoms with Crippen molar-refractivity contribution in [2.45, 2.75) is 169 Å². The van der Waals surface area contributed by atoms with E-state index < -0.39 is 0 Å². The van der Waals surface area contributed by atoms with Crippen molar-refractivity contribution < 1.29 is 0 Å². The molecule has 2 atom stereocenters. The molecule has 0 saturated carbocycles. The van der Waals surface area contributed by atoms with E-state index in [0.717, 1.165) is 5.92 Å². The fourth-order valence-corrected chi connectivity index (χ4v) is 5.13. The molecule has 0 rings (SSSR count). The Morgan fingerprint density at radius 3 is 1.43 bits per heavy atom. The van der Waals surface area contributed by atoms with Gasteiger partial charge in [0.15, 0.2) is 0 Å². The van der Waals surface area contributed by atoms with Crippen LogP contribution in [-0.4, -0.2) is 0 Å².